The molecule has 30 valence electrons. The molecule has 2 N–H and O–H groups in total. The zero-order valence-corrected chi connectivity index (χ0v) is 3.77. The van der Waals surface area contributed by atoms with Crippen LogP contribution in [0, 0.1) is 0 Å². The van der Waals surface area contributed by atoms with E-state index in [1.165, 1.54) is 0 Å². The Morgan fingerprint density at radius 1 is 1.80 bits per heavy atom. The number of hydrogen-bond acceptors (Lipinski definition) is 3. The average molecular weight is 114 g/mol. The molecule has 0 rings (SSSR count). The SMILES string of the molecule is [O]=[Ti]([OH])[O]O. The van der Waals surface area contributed by atoms with Crippen molar-refractivity contribution in [2.75, 3.05) is 0 Å². The van der Waals surface area contributed by atoms with Crippen molar-refractivity contribution in [2.45, 2.75) is 0 Å². The molecule has 0 unspecified atom stereocenters. The molecule has 0 bridgehead atoms. The van der Waals surface area contributed by atoms with Gasteiger partial charge in [-0.15, -0.1) is 0 Å². The molecule has 5 heavy (non-hydrogen) atoms. The van der Waals surface area contributed by atoms with Crippen LogP contribution in [0.25, 0.3) is 0 Å². The zero-order chi connectivity index (χ0) is 4.28. The van der Waals surface area contributed by atoms with Gasteiger partial charge in [-0.3, -0.25) is 0 Å². The van der Waals surface area contributed by atoms with Gasteiger partial charge in [0, 0.05) is 0 Å². The first-order chi connectivity index (χ1) is 2.27. The molecular weight excluding hydrogens is 112 g/mol. The molecule has 0 saturated heterocycles. The Hall–Kier alpha value is 0.394. The summed E-state index contributed by atoms with van der Waals surface area (Å²) in [6.07, 6.45) is 0. The molecule has 0 spiro atoms. The maximum absolute atomic E-state index is 9.15. The van der Waals surface area contributed by atoms with Crippen LogP contribution in [-0.2, 0) is 25.4 Å². The summed E-state index contributed by atoms with van der Waals surface area (Å²) in [5.41, 5.74) is 0. The van der Waals surface area contributed by atoms with Crippen molar-refractivity contribution >= 4 is 0 Å². The van der Waals surface area contributed by atoms with Gasteiger partial charge in [0.25, 0.3) is 0 Å². The molecule has 0 aliphatic carbocycles. The molecule has 0 radical (unpaired) electrons. The van der Waals surface area contributed by atoms with Crippen LogP contribution < -0.4 is 0 Å². The second-order valence-electron chi connectivity index (χ2n) is 0.357. The molecule has 4 nitrogen and oxygen atoms in total. The van der Waals surface area contributed by atoms with E-state index in [2.05, 4.69) is 3.47 Å². The second-order valence-corrected chi connectivity index (χ2v) is 1.47. The van der Waals surface area contributed by atoms with Crippen LogP contribution in [-0.4, -0.2) is 8.95 Å². The van der Waals surface area contributed by atoms with Crippen LogP contribution in [0.1, 0.15) is 0 Å². The van der Waals surface area contributed by atoms with E-state index in [1.807, 2.05) is 0 Å². The van der Waals surface area contributed by atoms with Crippen molar-refractivity contribution in [1.29, 1.82) is 0 Å². The molecule has 5 heteroatoms. The third-order valence-corrected chi connectivity index (χ3v) is 0.322. The summed E-state index contributed by atoms with van der Waals surface area (Å²) < 4.78 is 19.6. The fourth-order valence-corrected chi connectivity index (χ4v) is 0. The predicted octanol–water partition coefficient (Wildman–Crippen LogP) is -0.738. The van der Waals surface area contributed by atoms with Crippen LogP contribution in [0.15, 0.2) is 0 Å². The molecule has 0 aliphatic heterocycles. The van der Waals surface area contributed by atoms with E-state index in [0.717, 1.165) is 0 Å². The van der Waals surface area contributed by atoms with Crippen LogP contribution in [0.3, 0.4) is 0 Å². The van der Waals surface area contributed by atoms with Gasteiger partial charge < -0.3 is 0 Å². The third-order valence-electron chi connectivity index (χ3n) is 0.0781. The molecule has 0 saturated carbocycles. The monoisotopic (exact) mass is 114 g/mol. The summed E-state index contributed by atoms with van der Waals surface area (Å²) in [5, 5.41) is 7.16. The third kappa shape index (κ3) is 4.39. The molecule has 0 aliphatic rings. The van der Waals surface area contributed by atoms with Crippen LogP contribution in [0.5, 0.6) is 0 Å². The van der Waals surface area contributed by atoms with E-state index in [1.54, 1.807) is 0 Å². The van der Waals surface area contributed by atoms with E-state index in [0.29, 0.717) is 0 Å². The van der Waals surface area contributed by atoms with Gasteiger partial charge in [0.05, 0.1) is 0 Å². The van der Waals surface area contributed by atoms with Gasteiger partial charge in [0.15, 0.2) is 0 Å². The van der Waals surface area contributed by atoms with Crippen molar-refractivity contribution in [3.63, 3.8) is 0 Å². The van der Waals surface area contributed by atoms with Crippen molar-refractivity contribution < 1.29 is 34.4 Å². The molecule has 0 heterocycles. The van der Waals surface area contributed by atoms with Crippen LogP contribution in [0.2, 0.25) is 0 Å². The van der Waals surface area contributed by atoms with E-state index in [4.69, 9.17) is 12.3 Å². The summed E-state index contributed by atoms with van der Waals surface area (Å²) in [6, 6.07) is 0. The van der Waals surface area contributed by atoms with E-state index in [9.17, 15) is 0 Å². The normalized spacial score (nSPS) is 7.60. The van der Waals surface area contributed by atoms with Crippen molar-refractivity contribution in [1.82, 2.24) is 0 Å². The standard InChI is InChI=1S/H2O2.H2O.O.Ti/c1-2;;;/h1-2H;1H2;;/q;;;+2/p-2. The van der Waals surface area contributed by atoms with E-state index in [-0.39, 0.29) is 0 Å². The predicted molar refractivity (Wildman–Crippen MR) is 6.62 cm³/mol. The van der Waals surface area contributed by atoms with E-state index >= 15 is 0 Å². The fourth-order valence-electron chi connectivity index (χ4n) is 0. The van der Waals surface area contributed by atoms with Crippen LogP contribution in [0.4, 0.5) is 0 Å². The van der Waals surface area contributed by atoms with Crippen molar-refractivity contribution in [3.8, 4) is 0 Å². The first kappa shape index (κ1) is 5.39. The fraction of sp³-hybridized carbons (Fsp3) is 0. The Bertz CT molecular complexity index is 38.9. The number of hydrogen-bond donors (Lipinski definition) is 2. The van der Waals surface area contributed by atoms with Gasteiger partial charge in [-0.2, -0.15) is 0 Å². The Balaban J connectivity index is 2.85. The molecule has 0 aromatic carbocycles. The van der Waals surface area contributed by atoms with Gasteiger partial charge in [0.1, 0.15) is 0 Å². The molecule has 0 atom stereocenters. The summed E-state index contributed by atoms with van der Waals surface area (Å²) in [5.74, 6) is 0. The Morgan fingerprint density at radius 2 is 2.00 bits per heavy atom. The summed E-state index contributed by atoms with van der Waals surface area (Å²) in [7, 11) is 0. The topological polar surface area (TPSA) is 66.8 Å². The van der Waals surface area contributed by atoms with Gasteiger partial charge in [-0.25, -0.2) is 0 Å². The minimum atomic E-state index is -3.55. The first-order valence-corrected chi connectivity index (χ1v) is 2.79. The Kier molecular flexibility index (Phi) is 2.83. The van der Waals surface area contributed by atoms with Crippen molar-refractivity contribution in [2.24, 2.45) is 0 Å². The molecule has 0 fully saturated rings. The van der Waals surface area contributed by atoms with E-state index < -0.39 is 18.6 Å². The van der Waals surface area contributed by atoms with Crippen molar-refractivity contribution in [3.05, 3.63) is 0 Å². The Morgan fingerprint density at radius 3 is 2.00 bits per heavy atom. The maximum atomic E-state index is 9.15. The zero-order valence-electron chi connectivity index (χ0n) is 2.21. The summed E-state index contributed by atoms with van der Waals surface area (Å²) >= 11 is -3.55. The first-order valence-electron chi connectivity index (χ1n) is 0.814. The quantitative estimate of drug-likeness (QED) is 0.267. The van der Waals surface area contributed by atoms with Gasteiger partial charge in [-0.1, -0.05) is 0 Å². The molecular formula is H2O4Ti. The van der Waals surface area contributed by atoms with Crippen LogP contribution >= 0.6 is 0 Å². The minimum absolute atomic E-state index is 2.92. The van der Waals surface area contributed by atoms with Gasteiger partial charge in [0.2, 0.25) is 0 Å². The van der Waals surface area contributed by atoms with Gasteiger partial charge >= 0.3 is 34.4 Å². The van der Waals surface area contributed by atoms with Gasteiger partial charge in [-0.05, 0) is 0 Å². The molecule has 0 aromatic rings. The summed E-state index contributed by atoms with van der Waals surface area (Å²) in [4.78, 5) is 0. The summed E-state index contributed by atoms with van der Waals surface area (Å²) in [6.45, 7) is 0. The average Bonchev–Trinajstić information content (AvgIpc) is 1.38. The Labute approximate surface area is 35.0 Å². The molecule has 0 aromatic heterocycles. The molecule has 0 amide bonds. The number of rotatable bonds is 1. The second kappa shape index (κ2) is 2.62.